The van der Waals surface area contributed by atoms with Crippen LogP contribution in [0.1, 0.15) is 41.6 Å². The van der Waals surface area contributed by atoms with Crippen molar-refractivity contribution < 1.29 is 9.59 Å². The molecule has 0 aliphatic carbocycles. The van der Waals surface area contributed by atoms with Crippen molar-refractivity contribution in [2.24, 2.45) is 0 Å². The van der Waals surface area contributed by atoms with E-state index in [2.05, 4.69) is 15.3 Å². The molecule has 1 aromatic carbocycles. The number of Topliss-reactive ketones (excluding diaryl/α,β-unsaturated/α-hetero) is 1. The van der Waals surface area contributed by atoms with Gasteiger partial charge < -0.3 is 10.2 Å². The molecule has 0 saturated heterocycles. The van der Waals surface area contributed by atoms with Gasteiger partial charge in [-0.3, -0.25) is 9.59 Å². The number of carbonyl (C=O) groups is 2. The van der Waals surface area contributed by atoms with Gasteiger partial charge in [0, 0.05) is 30.4 Å². The minimum Gasteiger partial charge on any atom is -0.357 e. The number of amides is 1. The van der Waals surface area contributed by atoms with E-state index in [4.69, 9.17) is 0 Å². The summed E-state index contributed by atoms with van der Waals surface area (Å²) in [5, 5.41) is 2.76. The van der Waals surface area contributed by atoms with E-state index >= 15 is 0 Å². The molecule has 0 saturated carbocycles. The number of carbonyl (C=O) groups excluding carboxylic acids is 2. The highest BCUT2D eigenvalue weighted by molar-refractivity contribution is 6.04. The molecule has 0 aliphatic rings. The zero-order chi connectivity index (χ0) is 16.8. The first-order chi connectivity index (χ1) is 11.0. The highest BCUT2D eigenvalue weighted by Gasteiger charge is 2.12. The lowest BCUT2D eigenvalue weighted by molar-refractivity contribution is 0.100. The first-order valence-electron chi connectivity index (χ1n) is 7.54. The minimum absolute atomic E-state index is 0.0491. The summed E-state index contributed by atoms with van der Waals surface area (Å²) < 4.78 is 0. The van der Waals surface area contributed by atoms with Crippen molar-refractivity contribution in [2.45, 2.75) is 20.8 Å². The van der Waals surface area contributed by atoms with E-state index < -0.39 is 0 Å². The maximum atomic E-state index is 12.3. The van der Waals surface area contributed by atoms with E-state index in [1.807, 2.05) is 18.7 Å². The van der Waals surface area contributed by atoms with Crippen molar-refractivity contribution in [3.8, 4) is 0 Å². The standard InChI is InChI=1S/C17H20N4O2/c1-4-21(5-2)16-10-15(18-11-19-16)17(23)20-14-8-6-7-13(9-14)12(3)22/h6-11H,4-5H2,1-3H3,(H,20,23). The van der Waals surface area contributed by atoms with Crippen LogP contribution < -0.4 is 10.2 Å². The van der Waals surface area contributed by atoms with Crippen molar-refractivity contribution in [2.75, 3.05) is 23.3 Å². The molecule has 120 valence electrons. The largest absolute Gasteiger partial charge is 0.357 e. The second kappa shape index (κ2) is 7.49. The third kappa shape index (κ3) is 4.12. The number of nitrogens with one attached hydrogen (secondary N) is 1. The monoisotopic (exact) mass is 312 g/mol. The van der Waals surface area contributed by atoms with Gasteiger partial charge in [0.2, 0.25) is 0 Å². The van der Waals surface area contributed by atoms with Crippen molar-refractivity contribution in [3.05, 3.63) is 47.9 Å². The van der Waals surface area contributed by atoms with Crippen molar-refractivity contribution in [1.29, 1.82) is 0 Å². The van der Waals surface area contributed by atoms with Crippen LogP contribution in [0.3, 0.4) is 0 Å². The minimum atomic E-state index is -0.332. The number of benzene rings is 1. The van der Waals surface area contributed by atoms with Crippen molar-refractivity contribution >= 4 is 23.2 Å². The Labute approximate surface area is 135 Å². The second-order valence-electron chi connectivity index (χ2n) is 5.02. The Balaban J connectivity index is 2.19. The summed E-state index contributed by atoms with van der Waals surface area (Å²) in [7, 11) is 0. The van der Waals surface area contributed by atoms with Gasteiger partial charge in [-0.05, 0) is 32.9 Å². The average Bonchev–Trinajstić information content (AvgIpc) is 2.56. The van der Waals surface area contributed by atoms with Gasteiger partial charge in [-0.15, -0.1) is 0 Å². The molecular weight excluding hydrogens is 292 g/mol. The molecule has 0 radical (unpaired) electrons. The third-order valence-corrected chi connectivity index (χ3v) is 3.50. The molecule has 1 heterocycles. The van der Waals surface area contributed by atoms with E-state index in [9.17, 15) is 9.59 Å². The molecule has 1 amide bonds. The molecule has 2 rings (SSSR count). The summed E-state index contributed by atoms with van der Waals surface area (Å²) in [4.78, 5) is 34.0. The van der Waals surface area contributed by atoms with E-state index in [0.29, 0.717) is 17.1 Å². The van der Waals surface area contributed by atoms with E-state index in [1.54, 1.807) is 30.3 Å². The topological polar surface area (TPSA) is 75.2 Å². The number of aromatic nitrogens is 2. The Kier molecular flexibility index (Phi) is 5.41. The lowest BCUT2D eigenvalue weighted by Crippen LogP contribution is -2.24. The molecule has 0 aliphatic heterocycles. The highest BCUT2D eigenvalue weighted by atomic mass is 16.2. The van der Waals surface area contributed by atoms with Gasteiger partial charge in [-0.2, -0.15) is 0 Å². The third-order valence-electron chi connectivity index (χ3n) is 3.50. The summed E-state index contributed by atoms with van der Waals surface area (Å²) in [6.07, 6.45) is 1.38. The number of hydrogen-bond acceptors (Lipinski definition) is 5. The zero-order valence-electron chi connectivity index (χ0n) is 13.5. The fourth-order valence-electron chi connectivity index (χ4n) is 2.20. The number of anilines is 2. The SMILES string of the molecule is CCN(CC)c1cc(C(=O)Nc2cccc(C(C)=O)c2)ncn1. The quantitative estimate of drug-likeness (QED) is 0.830. The van der Waals surface area contributed by atoms with Crippen LogP contribution in [-0.2, 0) is 0 Å². The van der Waals surface area contributed by atoms with Crippen LogP contribution in [-0.4, -0.2) is 34.7 Å². The Bertz CT molecular complexity index is 711. The number of hydrogen-bond donors (Lipinski definition) is 1. The lowest BCUT2D eigenvalue weighted by Gasteiger charge is -2.19. The predicted octanol–water partition coefficient (Wildman–Crippen LogP) is 2.78. The van der Waals surface area contributed by atoms with E-state index in [1.165, 1.54) is 13.3 Å². The Morgan fingerprint density at radius 2 is 1.87 bits per heavy atom. The Morgan fingerprint density at radius 1 is 1.13 bits per heavy atom. The van der Waals surface area contributed by atoms with Gasteiger partial charge in [-0.25, -0.2) is 9.97 Å². The average molecular weight is 312 g/mol. The Morgan fingerprint density at radius 3 is 2.52 bits per heavy atom. The summed E-state index contributed by atoms with van der Waals surface area (Å²) >= 11 is 0. The van der Waals surface area contributed by atoms with E-state index in [0.717, 1.165) is 13.1 Å². The fourth-order valence-corrected chi connectivity index (χ4v) is 2.20. The molecule has 0 unspecified atom stereocenters. The molecule has 6 heteroatoms. The molecule has 0 spiro atoms. The molecular formula is C17H20N4O2. The first kappa shape index (κ1) is 16.6. The van der Waals surface area contributed by atoms with Crippen LogP contribution in [0.15, 0.2) is 36.7 Å². The summed E-state index contributed by atoms with van der Waals surface area (Å²) in [6, 6.07) is 8.48. The first-order valence-corrected chi connectivity index (χ1v) is 7.54. The molecule has 0 bridgehead atoms. The van der Waals surface area contributed by atoms with E-state index in [-0.39, 0.29) is 17.4 Å². The van der Waals surface area contributed by atoms with Gasteiger partial charge >= 0.3 is 0 Å². The second-order valence-corrected chi connectivity index (χ2v) is 5.02. The predicted molar refractivity (Wildman–Crippen MR) is 90.0 cm³/mol. The number of ketones is 1. The molecule has 0 atom stereocenters. The summed E-state index contributed by atoms with van der Waals surface area (Å²) in [5.74, 6) is 0.334. The van der Waals surface area contributed by atoms with Crippen LogP contribution in [0.5, 0.6) is 0 Å². The van der Waals surface area contributed by atoms with Crippen molar-refractivity contribution in [1.82, 2.24) is 9.97 Å². The van der Waals surface area contributed by atoms with Crippen LogP contribution in [0.25, 0.3) is 0 Å². The van der Waals surface area contributed by atoms with Crippen LogP contribution in [0.4, 0.5) is 11.5 Å². The fraction of sp³-hybridized carbons (Fsp3) is 0.294. The maximum absolute atomic E-state index is 12.3. The van der Waals surface area contributed by atoms with Crippen LogP contribution in [0, 0.1) is 0 Å². The van der Waals surface area contributed by atoms with Gasteiger partial charge in [0.25, 0.3) is 5.91 Å². The molecule has 1 aromatic heterocycles. The molecule has 1 N–H and O–H groups in total. The van der Waals surface area contributed by atoms with Gasteiger partial charge in [0.15, 0.2) is 5.78 Å². The normalized spacial score (nSPS) is 10.2. The number of rotatable bonds is 6. The summed E-state index contributed by atoms with van der Waals surface area (Å²) in [6.45, 7) is 7.14. The van der Waals surface area contributed by atoms with Crippen molar-refractivity contribution in [3.63, 3.8) is 0 Å². The maximum Gasteiger partial charge on any atom is 0.274 e. The van der Waals surface area contributed by atoms with Crippen LogP contribution in [0.2, 0.25) is 0 Å². The molecule has 23 heavy (non-hydrogen) atoms. The molecule has 6 nitrogen and oxygen atoms in total. The molecule has 2 aromatic rings. The summed E-state index contributed by atoms with van der Waals surface area (Å²) in [5.41, 5.74) is 1.40. The number of nitrogens with zero attached hydrogens (tertiary/aromatic N) is 3. The van der Waals surface area contributed by atoms with Gasteiger partial charge in [0.05, 0.1) is 0 Å². The lowest BCUT2D eigenvalue weighted by atomic mass is 10.1. The highest BCUT2D eigenvalue weighted by Crippen LogP contribution is 2.14. The van der Waals surface area contributed by atoms with Gasteiger partial charge in [0.1, 0.15) is 17.8 Å². The zero-order valence-corrected chi connectivity index (χ0v) is 13.5. The van der Waals surface area contributed by atoms with Crippen LogP contribution >= 0.6 is 0 Å². The molecule has 0 fully saturated rings. The Hall–Kier alpha value is -2.76. The smallest absolute Gasteiger partial charge is 0.274 e. The van der Waals surface area contributed by atoms with Gasteiger partial charge in [-0.1, -0.05) is 12.1 Å².